The van der Waals surface area contributed by atoms with Crippen LogP contribution < -0.4 is 0 Å². The lowest BCUT2D eigenvalue weighted by Gasteiger charge is -1.90. The van der Waals surface area contributed by atoms with Crippen molar-refractivity contribution >= 4 is 0 Å². The van der Waals surface area contributed by atoms with E-state index in [1.54, 1.807) is 0 Å². The maximum atomic E-state index is 3.70. The van der Waals surface area contributed by atoms with Gasteiger partial charge in [-0.3, -0.25) is 0 Å². The van der Waals surface area contributed by atoms with Crippen LogP contribution in [-0.4, -0.2) is 0 Å². The molecule has 94 valence electrons. The summed E-state index contributed by atoms with van der Waals surface area (Å²) in [5.41, 5.74) is 4.78. The number of rotatable bonds is 2. The van der Waals surface area contributed by atoms with Gasteiger partial charge in [-0.15, -0.1) is 0 Å². The number of hydrogen-bond acceptors (Lipinski definition) is 0. The summed E-state index contributed by atoms with van der Waals surface area (Å²) in [6, 6.07) is 8.48. The first-order valence-electron chi connectivity index (χ1n) is 5.44. The van der Waals surface area contributed by atoms with Crippen LogP contribution in [0.2, 0.25) is 0 Å². The van der Waals surface area contributed by atoms with E-state index in [0.717, 1.165) is 11.1 Å². The van der Waals surface area contributed by atoms with Crippen molar-refractivity contribution in [1.82, 2.24) is 0 Å². The lowest BCUT2D eigenvalue weighted by atomic mass is 10.2. The van der Waals surface area contributed by atoms with E-state index in [-0.39, 0.29) is 7.43 Å². The molecule has 0 aromatic heterocycles. The Morgan fingerprint density at radius 1 is 0.824 bits per heavy atom. The van der Waals surface area contributed by atoms with E-state index >= 15 is 0 Å². The Hall–Kier alpha value is -1.56. The number of hydrogen-bond donors (Lipinski definition) is 0. The molecule has 0 spiro atoms. The molecule has 0 radical (unpaired) electrons. The minimum Gasteiger partial charge on any atom is -0.0961 e. The van der Waals surface area contributed by atoms with Gasteiger partial charge in [0.25, 0.3) is 0 Å². The summed E-state index contributed by atoms with van der Waals surface area (Å²) >= 11 is 0. The van der Waals surface area contributed by atoms with Crippen molar-refractivity contribution in [2.45, 2.75) is 35.1 Å². The van der Waals surface area contributed by atoms with Crippen molar-refractivity contribution in [1.29, 1.82) is 0 Å². The molecule has 0 nitrogen and oxygen atoms in total. The van der Waals surface area contributed by atoms with Crippen LogP contribution in [0.15, 0.2) is 60.7 Å². The topological polar surface area (TPSA) is 0 Å². The Kier molecular flexibility index (Phi) is 10.1. The SMILES string of the molecule is C.C=C(C)/C=C\C(=C)C.Cc1ccc(C)cc1. The molecule has 0 aliphatic rings. The van der Waals surface area contributed by atoms with Gasteiger partial charge in [0.1, 0.15) is 0 Å². The van der Waals surface area contributed by atoms with E-state index in [1.807, 2.05) is 26.0 Å². The summed E-state index contributed by atoms with van der Waals surface area (Å²) in [6.07, 6.45) is 3.89. The third-order valence-electron chi connectivity index (χ3n) is 1.87. The predicted octanol–water partition coefficient (Wildman–Crippen LogP) is 5.63. The second kappa shape index (κ2) is 9.65. The fraction of sp³-hybridized carbons (Fsp3) is 0.294. The smallest absolute Gasteiger partial charge is 0.0398 e. The van der Waals surface area contributed by atoms with E-state index < -0.39 is 0 Å². The molecule has 0 N–H and O–H groups in total. The minimum atomic E-state index is 0. The van der Waals surface area contributed by atoms with Crippen LogP contribution in [0.1, 0.15) is 32.4 Å². The summed E-state index contributed by atoms with van der Waals surface area (Å²) in [4.78, 5) is 0. The molecule has 0 saturated heterocycles. The average molecular weight is 230 g/mol. The quantitative estimate of drug-likeness (QED) is 0.577. The van der Waals surface area contributed by atoms with Crippen LogP contribution in [0, 0.1) is 13.8 Å². The van der Waals surface area contributed by atoms with E-state index in [0.29, 0.717) is 0 Å². The molecule has 1 aromatic rings. The summed E-state index contributed by atoms with van der Waals surface area (Å²) in [5, 5.41) is 0. The van der Waals surface area contributed by atoms with Crippen LogP contribution in [0.25, 0.3) is 0 Å². The molecule has 0 aliphatic carbocycles. The highest BCUT2D eigenvalue weighted by atomic mass is 13.9. The zero-order chi connectivity index (χ0) is 12.6. The van der Waals surface area contributed by atoms with Gasteiger partial charge >= 0.3 is 0 Å². The lowest BCUT2D eigenvalue weighted by Crippen LogP contribution is -1.70. The van der Waals surface area contributed by atoms with Gasteiger partial charge in [0, 0.05) is 0 Å². The highest BCUT2D eigenvalue weighted by Gasteiger charge is 1.79. The molecule has 1 rings (SSSR count). The Labute approximate surface area is 107 Å². The highest BCUT2D eigenvalue weighted by molar-refractivity contribution is 5.21. The van der Waals surface area contributed by atoms with Crippen molar-refractivity contribution < 1.29 is 0 Å². The second-order valence-corrected chi connectivity index (χ2v) is 4.18. The molecule has 0 unspecified atom stereocenters. The number of benzene rings is 1. The molecule has 0 amide bonds. The maximum Gasteiger partial charge on any atom is -0.0398 e. The van der Waals surface area contributed by atoms with Gasteiger partial charge in [0.2, 0.25) is 0 Å². The normalized spacial score (nSPS) is 8.94. The molecule has 0 fully saturated rings. The van der Waals surface area contributed by atoms with Crippen molar-refractivity contribution in [2.75, 3.05) is 0 Å². The average Bonchev–Trinajstić information content (AvgIpc) is 2.20. The fourth-order valence-corrected chi connectivity index (χ4v) is 0.921. The van der Waals surface area contributed by atoms with E-state index in [4.69, 9.17) is 0 Å². The van der Waals surface area contributed by atoms with E-state index in [1.165, 1.54) is 11.1 Å². The van der Waals surface area contributed by atoms with E-state index in [2.05, 4.69) is 51.3 Å². The molecule has 1 aromatic carbocycles. The highest BCUT2D eigenvalue weighted by Crippen LogP contribution is 1.99. The molecule has 0 heteroatoms. The van der Waals surface area contributed by atoms with Crippen molar-refractivity contribution in [3.05, 3.63) is 71.8 Å². The van der Waals surface area contributed by atoms with Crippen LogP contribution in [0.5, 0.6) is 0 Å². The third-order valence-corrected chi connectivity index (χ3v) is 1.87. The zero-order valence-corrected chi connectivity index (χ0v) is 10.9. The maximum absolute atomic E-state index is 3.70. The van der Waals surface area contributed by atoms with Crippen LogP contribution in [-0.2, 0) is 0 Å². The second-order valence-electron chi connectivity index (χ2n) is 4.18. The van der Waals surface area contributed by atoms with Gasteiger partial charge in [0.15, 0.2) is 0 Å². The Balaban J connectivity index is 0. The van der Waals surface area contributed by atoms with E-state index in [9.17, 15) is 0 Å². The van der Waals surface area contributed by atoms with Crippen molar-refractivity contribution in [2.24, 2.45) is 0 Å². The predicted molar refractivity (Wildman–Crippen MR) is 81.4 cm³/mol. The Morgan fingerprint density at radius 2 is 1.06 bits per heavy atom. The van der Waals surface area contributed by atoms with Gasteiger partial charge in [-0.05, 0) is 27.7 Å². The first kappa shape index (κ1) is 17.8. The molecular formula is C17H26. The van der Waals surface area contributed by atoms with Crippen LogP contribution >= 0.6 is 0 Å². The fourth-order valence-electron chi connectivity index (χ4n) is 0.921. The molecule has 0 aliphatic heterocycles. The van der Waals surface area contributed by atoms with Gasteiger partial charge in [-0.25, -0.2) is 0 Å². The molecule has 0 saturated carbocycles. The van der Waals surface area contributed by atoms with Gasteiger partial charge in [-0.1, -0.05) is 79.3 Å². The van der Waals surface area contributed by atoms with Gasteiger partial charge in [-0.2, -0.15) is 0 Å². The van der Waals surface area contributed by atoms with Crippen molar-refractivity contribution in [3.63, 3.8) is 0 Å². The van der Waals surface area contributed by atoms with Gasteiger partial charge < -0.3 is 0 Å². The minimum absolute atomic E-state index is 0. The zero-order valence-electron chi connectivity index (χ0n) is 10.9. The number of aryl methyl sites for hydroxylation is 2. The molecule has 0 atom stereocenters. The summed E-state index contributed by atoms with van der Waals surface area (Å²) in [6.45, 7) is 15.5. The molecule has 0 bridgehead atoms. The summed E-state index contributed by atoms with van der Waals surface area (Å²) in [7, 11) is 0. The van der Waals surface area contributed by atoms with Crippen LogP contribution in [0.3, 0.4) is 0 Å². The summed E-state index contributed by atoms with van der Waals surface area (Å²) in [5.74, 6) is 0. The number of allylic oxidation sites excluding steroid dienone is 4. The Morgan fingerprint density at radius 3 is 1.24 bits per heavy atom. The van der Waals surface area contributed by atoms with Gasteiger partial charge in [0.05, 0.1) is 0 Å². The van der Waals surface area contributed by atoms with Crippen molar-refractivity contribution in [3.8, 4) is 0 Å². The summed E-state index contributed by atoms with van der Waals surface area (Å²) < 4.78 is 0. The first-order valence-corrected chi connectivity index (χ1v) is 5.44. The largest absolute Gasteiger partial charge is 0.0961 e. The van der Waals surface area contributed by atoms with Crippen LogP contribution in [0.4, 0.5) is 0 Å². The molecular weight excluding hydrogens is 204 g/mol. The first-order chi connectivity index (χ1) is 7.41. The monoisotopic (exact) mass is 230 g/mol. The third kappa shape index (κ3) is 12.4. The Bertz CT molecular complexity index is 327. The molecule has 17 heavy (non-hydrogen) atoms. The molecule has 0 heterocycles. The lowest BCUT2D eigenvalue weighted by molar-refractivity contribution is 1.40. The standard InChI is InChI=1S/C8H10.C8H12.CH4/c1-7-3-5-8(2)6-4-7;1-7(2)5-6-8(3)4;/h3-6H,1-2H3;5-6H,1,3H2,2,4H3;1H4/b;6-5-;.